The van der Waals surface area contributed by atoms with Crippen molar-refractivity contribution in [1.29, 1.82) is 0 Å². The highest BCUT2D eigenvalue weighted by atomic mass is 79.9. The van der Waals surface area contributed by atoms with Gasteiger partial charge in [-0.05, 0) is 59.3 Å². The van der Waals surface area contributed by atoms with E-state index in [0.717, 1.165) is 20.9 Å². The van der Waals surface area contributed by atoms with Crippen molar-refractivity contribution in [2.45, 2.75) is 11.1 Å². The van der Waals surface area contributed by atoms with Gasteiger partial charge in [0, 0.05) is 43.6 Å². The van der Waals surface area contributed by atoms with Gasteiger partial charge in [0.15, 0.2) is 0 Å². The Morgan fingerprint density at radius 3 is 2.39 bits per heavy atom. The molecule has 31 heavy (non-hydrogen) atoms. The van der Waals surface area contributed by atoms with E-state index in [4.69, 9.17) is 4.74 Å². The Morgan fingerprint density at radius 1 is 1.06 bits per heavy atom. The van der Waals surface area contributed by atoms with E-state index in [9.17, 15) is 8.42 Å². The molecule has 0 amide bonds. The summed E-state index contributed by atoms with van der Waals surface area (Å²) in [7, 11) is -1.85. The zero-order valence-corrected chi connectivity index (χ0v) is 20.3. The monoisotopic (exact) mass is 523 g/mol. The predicted molar refractivity (Wildman–Crippen MR) is 126 cm³/mol. The molecular formula is C20H22BrN5O3S2. The van der Waals surface area contributed by atoms with Crippen LogP contribution in [0.25, 0.3) is 0 Å². The second kappa shape index (κ2) is 9.11. The number of rotatable bonds is 6. The first-order valence-corrected chi connectivity index (χ1v) is 12.7. The van der Waals surface area contributed by atoms with E-state index < -0.39 is 10.0 Å². The average molecular weight is 524 g/mol. The van der Waals surface area contributed by atoms with E-state index in [2.05, 4.69) is 31.2 Å². The molecule has 1 saturated heterocycles. The maximum Gasteiger partial charge on any atom is 0.252 e. The quantitative estimate of drug-likeness (QED) is 0.524. The molecule has 4 rings (SSSR count). The molecule has 1 aliphatic heterocycles. The van der Waals surface area contributed by atoms with E-state index >= 15 is 0 Å². The summed E-state index contributed by atoms with van der Waals surface area (Å²) in [5.74, 6) is 2.06. The normalized spacial score (nSPS) is 15.1. The molecule has 2 aromatic heterocycles. The van der Waals surface area contributed by atoms with Crippen molar-refractivity contribution >= 4 is 54.7 Å². The molecule has 0 spiro atoms. The third-order valence-corrected chi connectivity index (χ3v) is 8.86. The third kappa shape index (κ3) is 5.00. The van der Waals surface area contributed by atoms with Gasteiger partial charge in [0.25, 0.3) is 10.0 Å². The number of piperazine rings is 1. The van der Waals surface area contributed by atoms with Crippen molar-refractivity contribution < 1.29 is 13.2 Å². The lowest BCUT2D eigenvalue weighted by Crippen LogP contribution is -2.49. The number of benzene rings is 1. The minimum absolute atomic E-state index is 0.352. The van der Waals surface area contributed by atoms with Gasteiger partial charge in [0.05, 0.1) is 10.9 Å². The van der Waals surface area contributed by atoms with Crippen LogP contribution in [0.15, 0.2) is 50.5 Å². The maximum atomic E-state index is 12.8. The summed E-state index contributed by atoms with van der Waals surface area (Å²) < 4.78 is 33.6. The number of halogens is 1. The van der Waals surface area contributed by atoms with Crippen LogP contribution in [0.5, 0.6) is 5.75 Å². The first-order valence-electron chi connectivity index (χ1n) is 9.62. The standard InChI is InChI=1S/C20H22BrN5O3S2/c1-14-13-18(23-15-3-5-16(29-2)6-4-15)24-20(22-14)25-9-11-26(12-10-25)31(27,28)19-8-7-17(21)30-19/h3-8,13H,9-12H2,1-2H3,(H,22,23,24). The zero-order chi connectivity index (χ0) is 22.0. The van der Waals surface area contributed by atoms with E-state index in [-0.39, 0.29) is 0 Å². The lowest BCUT2D eigenvalue weighted by Gasteiger charge is -2.33. The first kappa shape index (κ1) is 22.0. The smallest absolute Gasteiger partial charge is 0.252 e. The van der Waals surface area contributed by atoms with Gasteiger partial charge >= 0.3 is 0 Å². The Balaban J connectivity index is 1.45. The maximum absolute atomic E-state index is 12.8. The first-order chi connectivity index (χ1) is 14.8. The van der Waals surface area contributed by atoms with Crippen LogP contribution >= 0.6 is 27.3 Å². The molecular weight excluding hydrogens is 502 g/mol. The van der Waals surface area contributed by atoms with Crippen molar-refractivity contribution in [1.82, 2.24) is 14.3 Å². The largest absolute Gasteiger partial charge is 0.497 e. The highest BCUT2D eigenvalue weighted by molar-refractivity contribution is 9.11. The Kier molecular flexibility index (Phi) is 6.47. The number of methoxy groups -OCH3 is 1. The molecule has 1 N–H and O–H groups in total. The third-order valence-electron chi connectivity index (χ3n) is 4.87. The molecule has 1 fully saturated rings. The number of hydrogen-bond donors (Lipinski definition) is 1. The van der Waals surface area contributed by atoms with Gasteiger partial charge in [-0.3, -0.25) is 0 Å². The van der Waals surface area contributed by atoms with Gasteiger partial charge in [-0.25, -0.2) is 13.4 Å². The Hall–Kier alpha value is -2.21. The fourth-order valence-corrected chi connectivity index (χ4v) is 6.86. The lowest BCUT2D eigenvalue weighted by molar-refractivity contribution is 0.383. The topological polar surface area (TPSA) is 87.7 Å². The van der Waals surface area contributed by atoms with Crippen molar-refractivity contribution in [3.63, 3.8) is 0 Å². The van der Waals surface area contributed by atoms with Crippen LogP contribution in [0, 0.1) is 6.92 Å². The number of aromatic nitrogens is 2. The molecule has 0 unspecified atom stereocenters. The number of hydrogen-bond acceptors (Lipinski definition) is 8. The number of nitrogens with one attached hydrogen (secondary N) is 1. The second-order valence-corrected chi connectivity index (χ2v) is 11.6. The number of sulfonamides is 1. The molecule has 3 heterocycles. The van der Waals surface area contributed by atoms with Crippen LogP contribution in [0.2, 0.25) is 0 Å². The molecule has 0 bridgehead atoms. The van der Waals surface area contributed by atoms with Crippen molar-refractivity contribution in [3.05, 3.63) is 51.9 Å². The van der Waals surface area contributed by atoms with Gasteiger partial charge in [-0.1, -0.05) is 0 Å². The van der Waals surface area contributed by atoms with Crippen LogP contribution in [0.4, 0.5) is 17.5 Å². The summed E-state index contributed by atoms with van der Waals surface area (Å²) in [5.41, 5.74) is 1.72. The zero-order valence-electron chi connectivity index (χ0n) is 17.1. The number of ether oxygens (including phenoxy) is 1. The molecule has 1 aliphatic rings. The molecule has 0 radical (unpaired) electrons. The Morgan fingerprint density at radius 2 is 1.77 bits per heavy atom. The predicted octanol–water partition coefficient (Wildman–Crippen LogP) is 3.87. The minimum atomic E-state index is -3.48. The van der Waals surface area contributed by atoms with Gasteiger partial charge in [0.1, 0.15) is 15.8 Å². The molecule has 8 nitrogen and oxygen atoms in total. The molecule has 164 valence electrons. The minimum Gasteiger partial charge on any atom is -0.497 e. The van der Waals surface area contributed by atoms with Crippen molar-refractivity contribution in [2.75, 3.05) is 43.5 Å². The van der Waals surface area contributed by atoms with Crippen LogP contribution in [-0.4, -0.2) is 56.0 Å². The van der Waals surface area contributed by atoms with E-state index in [0.29, 0.717) is 42.2 Å². The molecule has 1 aromatic carbocycles. The molecule has 0 atom stereocenters. The van der Waals surface area contributed by atoms with Crippen LogP contribution in [0.3, 0.4) is 0 Å². The fourth-order valence-electron chi connectivity index (χ4n) is 3.27. The molecule has 0 aliphatic carbocycles. The second-order valence-electron chi connectivity index (χ2n) is 7.00. The van der Waals surface area contributed by atoms with Gasteiger partial charge < -0.3 is 15.0 Å². The Labute approximate surface area is 194 Å². The van der Waals surface area contributed by atoms with Crippen LogP contribution in [0.1, 0.15) is 5.69 Å². The van der Waals surface area contributed by atoms with Crippen molar-refractivity contribution in [2.24, 2.45) is 0 Å². The lowest BCUT2D eigenvalue weighted by atomic mass is 10.3. The summed E-state index contributed by atoms with van der Waals surface area (Å²) in [5, 5.41) is 3.29. The summed E-state index contributed by atoms with van der Waals surface area (Å²) in [6, 6.07) is 12.9. The molecule has 11 heteroatoms. The summed E-state index contributed by atoms with van der Waals surface area (Å²) in [6.45, 7) is 3.74. The van der Waals surface area contributed by atoms with E-state index in [1.165, 1.54) is 15.6 Å². The van der Waals surface area contributed by atoms with E-state index in [1.54, 1.807) is 19.2 Å². The van der Waals surface area contributed by atoms with Gasteiger partial charge in [-0.15, -0.1) is 11.3 Å². The Bertz CT molecular complexity index is 1160. The van der Waals surface area contributed by atoms with Gasteiger partial charge in [0.2, 0.25) is 5.95 Å². The van der Waals surface area contributed by atoms with E-state index in [1.807, 2.05) is 42.2 Å². The summed E-state index contributed by atoms with van der Waals surface area (Å²) >= 11 is 4.56. The number of nitrogens with zero attached hydrogens (tertiary/aromatic N) is 4. The number of anilines is 3. The number of aryl methyl sites for hydroxylation is 1. The SMILES string of the molecule is COc1ccc(Nc2cc(C)nc(N3CCN(S(=O)(=O)c4ccc(Br)s4)CC3)n2)cc1. The average Bonchev–Trinajstić information content (AvgIpc) is 3.21. The molecule has 3 aromatic rings. The van der Waals surface area contributed by atoms with Crippen LogP contribution in [-0.2, 0) is 10.0 Å². The summed E-state index contributed by atoms with van der Waals surface area (Å²) in [6.07, 6.45) is 0. The van der Waals surface area contributed by atoms with Crippen LogP contribution < -0.4 is 15.0 Å². The van der Waals surface area contributed by atoms with Gasteiger partial charge in [-0.2, -0.15) is 9.29 Å². The van der Waals surface area contributed by atoms with Crippen molar-refractivity contribution in [3.8, 4) is 5.75 Å². The fraction of sp³-hybridized carbons (Fsp3) is 0.300. The number of thiophene rings is 1. The summed E-state index contributed by atoms with van der Waals surface area (Å²) in [4.78, 5) is 11.2. The molecule has 0 saturated carbocycles. The highest BCUT2D eigenvalue weighted by Crippen LogP contribution is 2.29. The highest BCUT2D eigenvalue weighted by Gasteiger charge is 2.30.